The van der Waals surface area contributed by atoms with Crippen LogP contribution in [0.3, 0.4) is 0 Å². The summed E-state index contributed by atoms with van der Waals surface area (Å²) in [6, 6.07) is 4.88. The van der Waals surface area contributed by atoms with Crippen molar-refractivity contribution in [1.82, 2.24) is 4.57 Å². The number of benzene rings is 1. The molecule has 0 atom stereocenters. The Morgan fingerprint density at radius 1 is 1.31 bits per heavy atom. The summed E-state index contributed by atoms with van der Waals surface area (Å²) in [5.74, 6) is 0. The van der Waals surface area contributed by atoms with Gasteiger partial charge in [-0.15, -0.1) is 0 Å². The molecule has 0 radical (unpaired) electrons. The monoisotopic (exact) mass is 292 g/mol. The third-order valence-corrected chi connectivity index (χ3v) is 2.69. The van der Waals surface area contributed by atoms with Gasteiger partial charge in [0.05, 0.1) is 5.52 Å². The second-order valence-corrected chi connectivity index (χ2v) is 4.40. The predicted molar refractivity (Wildman–Crippen MR) is 60.1 cm³/mol. The molecule has 0 bridgehead atoms. The lowest BCUT2D eigenvalue weighted by molar-refractivity contribution is -0.139. The first kappa shape index (κ1) is 11.3. The van der Waals surface area contributed by atoms with Gasteiger partial charge in [-0.05, 0) is 18.2 Å². The van der Waals surface area contributed by atoms with E-state index in [0.717, 1.165) is 4.57 Å². The zero-order valence-electron chi connectivity index (χ0n) is 8.05. The summed E-state index contributed by atoms with van der Waals surface area (Å²) in [6.07, 6.45) is -2.84. The normalized spacial score (nSPS) is 12.2. The molecule has 1 heterocycles. The van der Waals surface area contributed by atoms with E-state index in [9.17, 15) is 13.2 Å². The van der Waals surface area contributed by atoms with Gasteiger partial charge in [0.2, 0.25) is 0 Å². The molecule has 1 aromatic heterocycles. The molecule has 6 heteroatoms. The molecule has 0 aliphatic rings. The van der Waals surface area contributed by atoms with Crippen molar-refractivity contribution in [3.63, 3.8) is 0 Å². The lowest BCUT2D eigenvalue weighted by Gasteiger charge is -2.09. The maximum absolute atomic E-state index is 12.3. The second-order valence-electron chi connectivity index (χ2n) is 3.49. The highest BCUT2D eigenvalue weighted by Gasteiger charge is 2.28. The van der Waals surface area contributed by atoms with E-state index in [1.165, 1.54) is 6.20 Å². The average Bonchev–Trinajstić information content (AvgIpc) is 2.46. The molecule has 2 rings (SSSR count). The van der Waals surface area contributed by atoms with Gasteiger partial charge in [0.1, 0.15) is 6.54 Å². The first-order valence-electron chi connectivity index (χ1n) is 4.47. The molecule has 0 saturated heterocycles. The number of alkyl halides is 3. The van der Waals surface area contributed by atoms with Crippen LogP contribution in [-0.4, -0.2) is 10.7 Å². The molecule has 0 fully saturated rings. The molecule has 0 aliphatic heterocycles. The first-order chi connectivity index (χ1) is 7.37. The van der Waals surface area contributed by atoms with Crippen LogP contribution in [0.1, 0.15) is 0 Å². The summed E-state index contributed by atoms with van der Waals surface area (Å²) < 4.78 is 38.7. The number of nitrogens with zero attached hydrogens (tertiary/aromatic N) is 1. The zero-order chi connectivity index (χ0) is 11.9. The number of hydrogen-bond acceptors (Lipinski definition) is 1. The molecule has 0 aliphatic carbocycles. The Kier molecular flexibility index (Phi) is 2.61. The lowest BCUT2D eigenvalue weighted by atomic mass is 10.2. The van der Waals surface area contributed by atoms with Crippen LogP contribution >= 0.6 is 15.9 Å². The fourth-order valence-corrected chi connectivity index (χ4v) is 2.08. The Balaban J connectivity index is 2.56. The van der Waals surface area contributed by atoms with E-state index in [0.29, 0.717) is 21.1 Å². The maximum Gasteiger partial charge on any atom is 0.406 e. The summed E-state index contributed by atoms with van der Waals surface area (Å²) >= 11 is 3.21. The summed E-state index contributed by atoms with van der Waals surface area (Å²) in [6.45, 7) is -1.01. The highest BCUT2D eigenvalue weighted by Crippen LogP contribution is 2.29. The van der Waals surface area contributed by atoms with Crippen molar-refractivity contribution in [1.29, 1.82) is 0 Å². The van der Waals surface area contributed by atoms with Crippen molar-refractivity contribution in [2.45, 2.75) is 12.7 Å². The van der Waals surface area contributed by atoms with Crippen molar-refractivity contribution in [3.05, 3.63) is 28.9 Å². The predicted octanol–water partition coefficient (Wildman–Crippen LogP) is 3.55. The van der Waals surface area contributed by atoms with E-state index in [1.807, 2.05) is 0 Å². The second kappa shape index (κ2) is 3.69. The van der Waals surface area contributed by atoms with Gasteiger partial charge in [-0.3, -0.25) is 0 Å². The fraction of sp³-hybridized carbons (Fsp3) is 0.200. The molecule has 0 unspecified atom stereocenters. The van der Waals surface area contributed by atoms with E-state index in [4.69, 9.17) is 5.73 Å². The van der Waals surface area contributed by atoms with E-state index < -0.39 is 12.7 Å². The average molecular weight is 293 g/mol. The van der Waals surface area contributed by atoms with Gasteiger partial charge in [-0.1, -0.05) is 15.9 Å². The van der Waals surface area contributed by atoms with Crippen LogP contribution in [0.15, 0.2) is 28.9 Å². The quantitative estimate of drug-likeness (QED) is 0.801. The van der Waals surface area contributed by atoms with Crippen LogP contribution in [0.4, 0.5) is 18.9 Å². The summed E-state index contributed by atoms with van der Waals surface area (Å²) in [5, 5.41) is 0.632. The van der Waals surface area contributed by atoms with E-state index in [2.05, 4.69) is 15.9 Å². The number of nitrogens with two attached hydrogens (primary N) is 1. The number of nitrogen functional groups attached to an aromatic ring is 1. The minimum Gasteiger partial charge on any atom is -0.398 e. The van der Waals surface area contributed by atoms with Crippen LogP contribution in [0, 0.1) is 0 Å². The van der Waals surface area contributed by atoms with E-state index in [1.54, 1.807) is 18.2 Å². The zero-order valence-corrected chi connectivity index (χ0v) is 9.64. The van der Waals surface area contributed by atoms with Gasteiger partial charge in [0.15, 0.2) is 0 Å². The molecule has 2 nitrogen and oxygen atoms in total. The summed E-state index contributed by atoms with van der Waals surface area (Å²) in [4.78, 5) is 0. The Bertz CT molecular complexity index is 531. The van der Waals surface area contributed by atoms with Gasteiger partial charge in [0, 0.05) is 21.7 Å². The SMILES string of the molecule is Nc1cc(Br)cc2c1ccn2CC(F)(F)F. The number of fused-ring (bicyclic) bond motifs is 1. The van der Waals surface area contributed by atoms with Crippen molar-refractivity contribution < 1.29 is 13.2 Å². The van der Waals surface area contributed by atoms with Crippen molar-refractivity contribution in [2.75, 3.05) is 5.73 Å². The summed E-state index contributed by atoms with van der Waals surface area (Å²) in [5.41, 5.74) is 6.65. The molecular formula is C10H8BrF3N2. The van der Waals surface area contributed by atoms with E-state index in [-0.39, 0.29) is 0 Å². The Labute approximate surface area is 98.0 Å². The van der Waals surface area contributed by atoms with Crippen LogP contribution in [0.25, 0.3) is 10.9 Å². The number of anilines is 1. The third kappa shape index (κ3) is 2.16. The highest BCUT2D eigenvalue weighted by atomic mass is 79.9. The maximum atomic E-state index is 12.3. The molecule has 16 heavy (non-hydrogen) atoms. The molecule has 0 saturated carbocycles. The Morgan fingerprint density at radius 2 is 2.00 bits per heavy atom. The number of halogens is 4. The molecule has 2 N–H and O–H groups in total. The topological polar surface area (TPSA) is 30.9 Å². The minimum atomic E-state index is -4.23. The fourth-order valence-electron chi connectivity index (χ4n) is 1.62. The van der Waals surface area contributed by atoms with Crippen LogP contribution in [0.5, 0.6) is 0 Å². The first-order valence-corrected chi connectivity index (χ1v) is 5.27. The summed E-state index contributed by atoms with van der Waals surface area (Å²) in [7, 11) is 0. The molecule has 0 spiro atoms. The van der Waals surface area contributed by atoms with Crippen molar-refractivity contribution in [2.24, 2.45) is 0 Å². The molecule has 2 aromatic rings. The third-order valence-electron chi connectivity index (χ3n) is 2.24. The van der Waals surface area contributed by atoms with Gasteiger partial charge >= 0.3 is 6.18 Å². The molecule has 86 valence electrons. The Morgan fingerprint density at radius 3 is 2.62 bits per heavy atom. The number of rotatable bonds is 1. The van der Waals surface area contributed by atoms with Gasteiger partial charge in [-0.2, -0.15) is 13.2 Å². The molecular weight excluding hydrogens is 285 g/mol. The highest BCUT2D eigenvalue weighted by molar-refractivity contribution is 9.10. The molecule has 0 amide bonds. The lowest BCUT2D eigenvalue weighted by Crippen LogP contribution is -2.16. The number of aromatic nitrogens is 1. The van der Waals surface area contributed by atoms with Crippen LogP contribution < -0.4 is 5.73 Å². The number of hydrogen-bond donors (Lipinski definition) is 1. The van der Waals surface area contributed by atoms with E-state index >= 15 is 0 Å². The van der Waals surface area contributed by atoms with Gasteiger partial charge in [-0.25, -0.2) is 0 Å². The van der Waals surface area contributed by atoms with Gasteiger partial charge in [0.25, 0.3) is 0 Å². The Hall–Kier alpha value is -1.17. The van der Waals surface area contributed by atoms with Crippen LogP contribution in [0.2, 0.25) is 0 Å². The minimum absolute atomic E-state index is 0.463. The molecule has 1 aromatic carbocycles. The van der Waals surface area contributed by atoms with Gasteiger partial charge < -0.3 is 10.3 Å². The smallest absolute Gasteiger partial charge is 0.398 e. The van der Waals surface area contributed by atoms with Crippen molar-refractivity contribution in [3.8, 4) is 0 Å². The standard InChI is InChI=1S/C10H8BrF3N2/c11-6-3-8(15)7-1-2-16(9(7)4-6)5-10(12,13)14/h1-4H,5,15H2. The van der Waals surface area contributed by atoms with Crippen molar-refractivity contribution >= 4 is 32.5 Å². The van der Waals surface area contributed by atoms with Crippen LogP contribution in [-0.2, 0) is 6.54 Å². The largest absolute Gasteiger partial charge is 0.406 e.